The second-order valence-electron chi connectivity index (χ2n) is 4.16. The molecule has 0 fully saturated rings. The van der Waals surface area contributed by atoms with Gasteiger partial charge in [0.05, 0.1) is 11.4 Å². The van der Waals surface area contributed by atoms with Crippen LogP contribution in [0.25, 0.3) is 10.8 Å². The van der Waals surface area contributed by atoms with Gasteiger partial charge in [0.15, 0.2) is 0 Å². The predicted molar refractivity (Wildman–Crippen MR) is 71.5 cm³/mol. The van der Waals surface area contributed by atoms with E-state index in [0.29, 0.717) is 0 Å². The maximum atomic E-state index is 5.97. The SMILES string of the molecule is C=C(C)Nc1c(N)ccc2cc(C)ccc12. The summed E-state index contributed by atoms with van der Waals surface area (Å²) >= 11 is 0. The van der Waals surface area contributed by atoms with Gasteiger partial charge in [-0.1, -0.05) is 36.4 Å². The van der Waals surface area contributed by atoms with E-state index in [9.17, 15) is 0 Å². The molecule has 2 heteroatoms. The molecule has 0 atom stereocenters. The Hall–Kier alpha value is -1.96. The van der Waals surface area contributed by atoms with Crippen LogP contribution in [0.1, 0.15) is 12.5 Å². The van der Waals surface area contributed by atoms with Crippen LogP contribution >= 0.6 is 0 Å². The van der Waals surface area contributed by atoms with Gasteiger partial charge in [0.2, 0.25) is 0 Å². The van der Waals surface area contributed by atoms with E-state index in [0.717, 1.165) is 22.5 Å². The molecular weight excluding hydrogens is 196 g/mol. The van der Waals surface area contributed by atoms with Crippen molar-refractivity contribution in [1.29, 1.82) is 0 Å². The van der Waals surface area contributed by atoms with Crippen LogP contribution in [0.5, 0.6) is 0 Å². The highest BCUT2D eigenvalue weighted by Crippen LogP contribution is 2.30. The molecular formula is C14H16N2. The molecule has 0 radical (unpaired) electrons. The Kier molecular flexibility index (Phi) is 2.57. The summed E-state index contributed by atoms with van der Waals surface area (Å²) in [6.45, 7) is 7.86. The maximum absolute atomic E-state index is 5.97. The van der Waals surface area contributed by atoms with Gasteiger partial charge < -0.3 is 11.1 Å². The molecule has 0 heterocycles. The Morgan fingerprint density at radius 2 is 2.00 bits per heavy atom. The zero-order valence-electron chi connectivity index (χ0n) is 9.67. The van der Waals surface area contributed by atoms with Crippen molar-refractivity contribution in [3.8, 4) is 0 Å². The first-order chi connectivity index (χ1) is 7.58. The number of aryl methyl sites for hydroxylation is 1. The fourth-order valence-electron chi connectivity index (χ4n) is 1.82. The van der Waals surface area contributed by atoms with Crippen molar-refractivity contribution in [3.05, 3.63) is 48.2 Å². The molecule has 0 bridgehead atoms. The second kappa shape index (κ2) is 3.89. The van der Waals surface area contributed by atoms with Crippen LogP contribution in [0.3, 0.4) is 0 Å². The van der Waals surface area contributed by atoms with Crippen LogP contribution in [0, 0.1) is 6.92 Å². The Morgan fingerprint density at radius 3 is 2.69 bits per heavy atom. The number of benzene rings is 2. The first kappa shape index (κ1) is 10.6. The molecule has 0 aliphatic carbocycles. The number of fused-ring (bicyclic) bond motifs is 1. The summed E-state index contributed by atoms with van der Waals surface area (Å²) in [7, 11) is 0. The lowest BCUT2D eigenvalue weighted by molar-refractivity contribution is 1.41. The van der Waals surface area contributed by atoms with Gasteiger partial charge in [0.25, 0.3) is 0 Å². The standard InChI is InChI=1S/C14H16N2/c1-9(2)16-14-12-6-4-10(3)8-11(12)5-7-13(14)15/h4-8,16H,1,15H2,2-3H3. The van der Waals surface area contributed by atoms with Gasteiger partial charge in [0.1, 0.15) is 0 Å². The number of nitrogen functional groups attached to an aromatic ring is 1. The van der Waals surface area contributed by atoms with Crippen LogP contribution in [0.15, 0.2) is 42.6 Å². The highest BCUT2D eigenvalue weighted by molar-refractivity contribution is 6.00. The van der Waals surface area contributed by atoms with Gasteiger partial charge in [0, 0.05) is 11.1 Å². The van der Waals surface area contributed by atoms with Crippen molar-refractivity contribution in [1.82, 2.24) is 0 Å². The first-order valence-corrected chi connectivity index (χ1v) is 5.29. The summed E-state index contributed by atoms with van der Waals surface area (Å²) in [4.78, 5) is 0. The van der Waals surface area contributed by atoms with E-state index in [2.05, 4.69) is 37.0 Å². The average molecular weight is 212 g/mol. The van der Waals surface area contributed by atoms with Crippen LogP contribution in [-0.2, 0) is 0 Å². The zero-order valence-corrected chi connectivity index (χ0v) is 9.67. The Labute approximate surface area is 95.8 Å². The van der Waals surface area contributed by atoms with Gasteiger partial charge >= 0.3 is 0 Å². The number of nitrogens with one attached hydrogen (secondary N) is 1. The van der Waals surface area contributed by atoms with Gasteiger partial charge in [-0.2, -0.15) is 0 Å². The molecule has 2 aromatic carbocycles. The lowest BCUT2D eigenvalue weighted by Crippen LogP contribution is -1.99. The summed E-state index contributed by atoms with van der Waals surface area (Å²) in [5.41, 5.74) is 9.81. The van der Waals surface area contributed by atoms with E-state index in [1.54, 1.807) is 0 Å². The minimum atomic E-state index is 0.749. The van der Waals surface area contributed by atoms with E-state index in [1.807, 2.05) is 19.1 Å². The number of nitrogens with two attached hydrogens (primary N) is 1. The topological polar surface area (TPSA) is 38.0 Å². The quantitative estimate of drug-likeness (QED) is 0.745. The molecule has 2 nitrogen and oxygen atoms in total. The van der Waals surface area contributed by atoms with Crippen molar-refractivity contribution in [2.24, 2.45) is 0 Å². The monoisotopic (exact) mass is 212 g/mol. The van der Waals surface area contributed by atoms with Gasteiger partial charge in [-0.25, -0.2) is 0 Å². The van der Waals surface area contributed by atoms with E-state index in [1.165, 1.54) is 10.9 Å². The van der Waals surface area contributed by atoms with Gasteiger partial charge in [-0.05, 0) is 25.3 Å². The van der Waals surface area contributed by atoms with Crippen molar-refractivity contribution in [3.63, 3.8) is 0 Å². The lowest BCUT2D eigenvalue weighted by atomic mass is 10.0. The van der Waals surface area contributed by atoms with Crippen LogP contribution in [0.2, 0.25) is 0 Å². The summed E-state index contributed by atoms with van der Waals surface area (Å²) in [6, 6.07) is 10.3. The molecule has 0 unspecified atom stereocenters. The molecule has 82 valence electrons. The third-order valence-corrected chi connectivity index (χ3v) is 2.55. The molecule has 3 N–H and O–H groups in total. The minimum absolute atomic E-state index is 0.749. The minimum Gasteiger partial charge on any atom is -0.397 e. The first-order valence-electron chi connectivity index (χ1n) is 5.29. The van der Waals surface area contributed by atoms with Crippen LogP contribution in [-0.4, -0.2) is 0 Å². The molecule has 2 aromatic rings. The second-order valence-corrected chi connectivity index (χ2v) is 4.16. The third kappa shape index (κ3) is 1.87. The predicted octanol–water partition coefficient (Wildman–Crippen LogP) is 3.68. The summed E-state index contributed by atoms with van der Waals surface area (Å²) in [5.74, 6) is 0. The van der Waals surface area contributed by atoms with Crippen LogP contribution in [0.4, 0.5) is 11.4 Å². The maximum Gasteiger partial charge on any atom is 0.0694 e. The number of hydrogen-bond donors (Lipinski definition) is 2. The molecule has 0 aromatic heterocycles. The normalized spacial score (nSPS) is 10.4. The Morgan fingerprint density at radius 1 is 1.25 bits per heavy atom. The molecule has 0 aliphatic rings. The summed E-state index contributed by atoms with van der Waals surface area (Å²) in [5, 5.41) is 5.54. The smallest absolute Gasteiger partial charge is 0.0694 e. The summed E-state index contributed by atoms with van der Waals surface area (Å²) in [6.07, 6.45) is 0. The molecule has 16 heavy (non-hydrogen) atoms. The molecule has 0 saturated heterocycles. The highest BCUT2D eigenvalue weighted by Gasteiger charge is 2.04. The van der Waals surface area contributed by atoms with Crippen molar-refractivity contribution in [2.45, 2.75) is 13.8 Å². The van der Waals surface area contributed by atoms with Crippen molar-refractivity contribution < 1.29 is 0 Å². The number of hydrogen-bond acceptors (Lipinski definition) is 2. The summed E-state index contributed by atoms with van der Waals surface area (Å²) < 4.78 is 0. The van der Waals surface area contributed by atoms with E-state index in [4.69, 9.17) is 5.73 Å². The van der Waals surface area contributed by atoms with Gasteiger partial charge in [-0.3, -0.25) is 0 Å². The van der Waals surface area contributed by atoms with Crippen molar-refractivity contribution >= 4 is 22.1 Å². The molecule has 0 aliphatic heterocycles. The largest absolute Gasteiger partial charge is 0.397 e. The molecule has 0 amide bonds. The fraction of sp³-hybridized carbons (Fsp3) is 0.143. The van der Waals surface area contributed by atoms with Crippen molar-refractivity contribution in [2.75, 3.05) is 11.1 Å². The van der Waals surface area contributed by atoms with E-state index < -0.39 is 0 Å². The molecule has 2 rings (SSSR count). The Balaban J connectivity index is 2.69. The Bertz CT molecular complexity index is 556. The van der Waals surface area contributed by atoms with Crippen LogP contribution < -0.4 is 11.1 Å². The van der Waals surface area contributed by atoms with E-state index >= 15 is 0 Å². The lowest BCUT2D eigenvalue weighted by Gasteiger charge is -2.12. The fourth-order valence-corrected chi connectivity index (χ4v) is 1.82. The molecule has 0 spiro atoms. The van der Waals surface area contributed by atoms with E-state index in [-0.39, 0.29) is 0 Å². The third-order valence-electron chi connectivity index (χ3n) is 2.55. The number of rotatable bonds is 2. The average Bonchev–Trinajstić information content (AvgIpc) is 2.22. The van der Waals surface area contributed by atoms with Gasteiger partial charge in [-0.15, -0.1) is 0 Å². The zero-order chi connectivity index (χ0) is 11.7. The number of allylic oxidation sites excluding steroid dienone is 1. The molecule has 0 saturated carbocycles. The number of anilines is 2. The highest BCUT2D eigenvalue weighted by atomic mass is 14.9.